The van der Waals surface area contributed by atoms with Crippen LogP contribution in [0.4, 0.5) is 13.2 Å². The molecule has 20 heavy (non-hydrogen) atoms. The number of alkyl halides is 3. The Morgan fingerprint density at radius 1 is 1.30 bits per heavy atom. The number of nitrogens with two attached hydrogens (primary N) is 1. The van der Waals surface area contributed by atoms with Crippen LogP contribution < -0.4 is 5.73 Å². The maximum absolute atomic E-state index is 12.8. The summed E-state index contributed by atoms with van der Waals surface area (Å²) in [7, 11) is 0. The third-order valence-corrected chi connectivity index (χ3v) is 4.14. The van der Waals surface area contributed by atoms with Gasteiger partial charge in [-0.05, 0) is 20.3 Å². The minimum absolute atomic E-state index is 0.232. The predicted octanol–water partition coefficient (Wildman–Crippen LogP) is 1.88. The van der Waals surface area contributed by atoms with Crippen LogP contribution >= 0.6 is 0 Å². The van der Waals surface area contributed by atoms with Crippen molar-refractivity contribution in [1.29, 1.82) is 0 Å². The average molecular weight is 296 g/mol. The van der Waals surface area contributed by atoms with Crippen LogP contribution in [0.5, 0.6) is 0 Å². The molecule has 2 aliphatic rings. The van der Waals surface area contributed by atoms with Gasteiger partial charge in [-0.15, -0.1) is 0 Å². The molecule has 0 bridgehead atoms. The maximum Gasteiger partial charge on any atom is 0.401 e. The van der Waals surface area contributed by atoms with Crippen LogP contribution in [0, 0.1) is 0 Å². The van der Waals surface area contributed by atoms with E-state index in [0.29, 0.717) is 32.5 Å². The quantitative estimate of drug-likeness (QED) is 0.864. The van der Waals surface area contributed by atoms with Crippen molar-refractivity contribution in [3.05, 3.63) is 0 Å². The molecule has 0 aromatic heterocycles. The first-order valence-electron chi connectivity index (χ1n) is 7.08. The Labute approximate surface area is 117 Å². The van der Waals surface area contributed by atoms with E-state index in [-0.39, 0.29) is 18.1 Å². The normalized spacial score (nSPS) is 30.6. The van der Waals surface area contributed by atoms with Gasteiger partial charge in [0.05, 0.1) is 19.8 Å². The Balaban J connectivity index is 2.12. The summed E-state index contributed by atoms with van der Waals surface area (Å²) in [5, 5.41) is 0. The van der Waals surface area contributed by atoms with Crippen LogP contribution in [0.2, 0.25) is 0 Å². The lowest BCUT2D eigenvalue weighted by atomic mass is 9.84. The molecule has 2 fully saturated rings. The molecule has 1 saturated heterocycles. The van der Waals surface area contributed by atoms with Crippen LogP contribution in [0.15, 0.2) is 0 Å². The van der Waals surface area contributed by atoms with Gasteiger partial charge in [-0.2, -0.15) is 13.2 Å². The van der Waals surface area contributed by atoms with Gasteiger partial charge in [0.1, 0.15) is 0 Å². The fraction of sp³-hybridized carbons (Fsp3) is 1.00. The third kappa shape index (κ3) is 3.63. The summed E-state index contributed by atoms with van der Waals surface area (Å²) < 4.78 is 49.6. The zero-order chi connectivity index (χ0) is 15.0. The molecule has 4 nitrogen and oxygen atoms in total. The summed E-state index contributed by atoms with van der Waals surface area (Å²) in [5.41, 5.74) is 6.07. The highest BCUT2D eigenvalue weighted by molar-refractivity contribution is 4.96. The Bertz CT molecular complexity index is 330. The van der Waals surface area contributed by atoms with E-state index in [1.807, 2.05) is 0 Å². The Kier molecular flexibility index (Phi) is 4.63. The molecule has 1 saturated carbocycles. The Morgan fingerprint density at radius 3 is 2.40 bits per heavy atom. The Hall–Kier alpha value is -0.370. The van der Waals surface area contributed by atoms with Crippen molar-refractivity contribution in [3.8, 4) is 0 Å². The monoisotopic (exact) mass is 296 g/mol. The van der Waals surface area contributed by atoms with Gasteiger partial charge in [0.15, 0.2) is 5.79 Å². The van der Waals surface area contributed by atoms with Gasteiger partial charge in [0, 0.05) is 31.0 Å². The van der Waals surface area contributed by atoms with E-state index in [4.69, 9.17) is 15.2 Å². The van der Waals surface area contributed by atoms with Crippen LogP contribution in [0.3, 0.4) is 0 Å². The van der Waals surface area contributed by atoms with Gasteiger partial charge in [-0.25, -0.2) is 0 Å². The molecule has 2 atom stereocenters. The first-order chi connectivity index (χ1) is 9.22. The molecule has 0 amide bonds. The summed E-state index contributed by atoms with van der Waals surface area (Å²) in [4.78, 5) is 1.43. The second-order valence-electron chi connectivity index (χ2n) is 5.96. The van der Waals surface area contributed by atoms with Crippen molar-refractivity contribution in [3.63, 3.8) is 0 Å². The SMILES string of the molecule is CC(C)N(CC(F)(F)F)C1CC2(CCC1N)OCCO2. The zero-order valence-corrected chi connectivity index (χ0v) is 11.9. The lowest BCUT2D eigenvalue weighted by Crippen LogP contribution is -2.59. The van der Waals surface area contributed by atoms with Crippen molar-refractivity contribution in [2.45, 2.75) is 63.2 Å². The van der Waals surface area contributed by atoms with E-state index in [2.05, 4.69) is 0 Å². The third-order valence-electron chi connectivity index (χ3n) is 4.14. The summed E-state index contributed by atoms with van der Waals surface area (Å²) in [6.45, 7) is 3.58. The van der Waals surface area contributed by atoms with Crippen LogP contribution in [0.1, 0.15) is 33.1 Å². The zero-order valence-electron chi connectivity index (χ0n) is 11.9. The molecule has 1 heterocycles. The maximum atomic E-state index is 12.8. The summed E-state index contributed by atoms with van der Waals surface area (Å²) in [5.74, 6) is -0.723. The van der Waals surface area contributed by atoms with E-state index in [1.165, 1.54) is 4.90 Å². The van der Waals surface area contributed by atoms with Crippen LogP contribution in [-0.2, 0) is 9.47 Å². The first-order valence-corrected chi connectivity index (χ1v) is 7.08. The van der Waals surface area contributed by atoms with E-state index >= 15 is 0 Å². The van der Waals surface area contributed by atoms with Crippen molar-refractivity contribution in [2.75, 3.05) is 19.8 Å². The highest BCUT2D eigenvalue weighted by atomic mass is 19.4. The molecule has 1 aliphatic carbocycles. The fourth-order valence-corrected chi connectivity index (χ4v) is 3.16. The standard InChI is InChI=1S/C13H23F3N2O2/c1-9(2)18(8-13(14,15)16)11-7-12(4-3-10(11)17)19-5-6-20-12/h9-11H,3-8,17H2,1-2H3. The molecule has 118 valence electrons. The topological polar surface area (TPSA) is 47.7 Å². The van der Waals surface area contributed by atoms with Gasteiger partial charge < -0.3 is 15.2 Å². The first kappa shape index (κ1) is 16.0. The highest BCUT2D eigenvalue weighted by Gasteiger charge is 2.48. The van der Waals surface area contributed by atoms with Crippen molar-refractivity contribution in [1.82, 2.24) is 4.90 Å². The van der Waals surface area contributed by atoms with Crippen LogP contribution in [0.25, 0.3) is 0 Å². The number of hydrogen-bond donors (Lipinski definition) is 1. The van der Waals surface area contributed by atoms with E-state index < -0.39 is 18.5 Å². The molecule has 1 aliphatic heterocycles. The number of ether oxygens (including phenoxy) is 2. The molecule has 0 radical (unpaired) electrons. The van der Waals surface area contributed by atoms with E-state index in [1.54, 1.807) is 13.8 Å². The minimum Gasteiger partial charge on any atom is -0.347 e. The molecule has 1 spiro atoms. The molecular formula is C13H23F3N2O2. The summed E-state index contributed by atoms with van der Waals surface area (Å²) >= 11 is 0. The molecule has 7 heteroatoms. The summed E-state index contributed by atoms with van der Waals surface area (Å²) in [6.07, 6.45) is -2.55. The fourth-order valence-electron chi connectivity index (χ4n) is 3.16. The number of hydrogen-bond acceptors (Lipinski definition) is 4. The summed E-state index contributed by atoms with van der Waals surface area (Å²) in [6, 6.07) is -0.883. The second kappa shape index (κ2) is 5.79. The molecule has 2 unspecified atom stereocenters. The Morgan fingerprint density at radius 2 is 1.90 bits per heavy atom. The molecule has 2 rings (SSSR count). The molecular weight excluding hydrogens is 273 g/mol. The second-order valence-corrected chi connectivity index (χ2v) is 5.96. The smallest absolute Gasteiger partial charge is 0.347 e. The largest absolute Gasteiger partial charge is 0.401 e. The van der Waals surface area contributed by atoms with E-state index in [9.17, 15) is 13.2 Å². The van der Waals surface area contributed by atoms with Gasteiger partial charge >= 0.3 is 6.18 Å². The predicted molar refractivity (Wildman–Crippen MR) is 68.1 cm³/mol. The molecule has 0 aromatic carbocycles. The average Bonchev–Trinajstić information content (AvgIpc) is 2.77. The lowest BCUT2D eigenvalue weighted by molar-refractivity contribution is -0.205. The van der Waals surface area contributed by atoms with Crippen molar-refractivity contribution >= 4 is 0 Å². The van der Waals surface area contributed by atoms with E-state index in [0.717, 1.165) is 0 Å². The lowest BCUT2D eigenvalue weighted by Gasteiger charge is -2.46. The van der Waals surface area contributed by atoms with Crippen LogP contribution in [-0.4, -0.2) is 54.7 Å². The number of nitrogens with zero attached hydrogens (tertiary/aromatic N) is 1. The molecule has 0 aromatic rings. The van der Waals surface area contributed by atoms with Gasteiger partial charge in [0.25, 0.3) is 0 Å². The number of rotatable bonds is 3. The minimum atomic E-state index is -4.23. The van der Waals surface area contributed by atoms with Gasteiger partial charge in [0.2, 0.25) is 0 Å². The van der Waals surface area contributed by atoms with Crippen molar-refractivity contribution < 1.29 is 22.6 Å². The van der Waals surface area contributed by atoms with Gasteiger partial charge in [-0.3, -0.25) is 4.90 Å². The van der Waals surface area contributed by atoms with Crippen molar-refractivity contribution in [2.24, 2.45) is 5.73 Å². The number of halogens is 3. The van der Waals surface area contributed by atoms with Gasteiger partial charge in [-0.1, -0.05) is 0 Å². The highest BCUT2D eigenvalue weighted by Crippen LogP contribution is 2.38. The molecule has 2 N–H and O–H groups in total.